The standard InChI is InChI=1S/C12H13ClN4O/c13-9-2-1-4-15-11(9)12-16-10(18-17-12)6-8-3-5-14-7-8/h1-2,4,8,14H,3,5-7H2. The molecular formula is C12H13ClN4O. The number of nitrogens with one attached hydrogen (secondary N) is 1. The van der Waals surface area contributed by atoms with Crippen LogP contribution in [0.2, 0.25) is 5.02 Å². The van der Waals surface area contributed by atoms with E-state index >= 15 is 0 Å². The lowest BCUT2D eigenvalue weighted by molar-refractivity contribution is 0.358. The van der Waals surface area contributed by atoms with Crippen molar-refractivity contribution in [2.45, 2.75) is 12.8 Å². The molecule has 3 rings (SSSR count). The van der Waals surface area contributed by atoms with Crippen LogP contribution in [0.25, 0.3) is 11.5 Å². The van der Waals surface area contributed by atoms with Crippen molar-refractivity contribution >= 4 is 11.6 Å². The third-order valence-electron chi connectivity index (χ3n) is 3.06. The highest BCUT2D eigenvalue weighted by molar-refractivity contribution is 6.32. The second-order valence-electron chi connectivity index (χ2n) is 4.41. The Morgan fingerprint density at radius 3 is 3.22 bits per heavy atom. The van der Waals surface area contributed by atoms with Crippen molar-refractivity contribution in [2.75, 3.05) is 13.1 Å². The van der Waals surface area contributed by atoms with E-state index in [1.807, 2.05) is 0 Å². The van der Waals surface area contributed by atoms with Crippen molar-refractivity contribution in [2.24, 2.45) is 5.92 Å². The molecule has 18 heavy (non-hydrogen) atoms. The Morgan fingerprint density at radius 1 is 1.50 bits per heavy atom. The van der Waals surface area contributed by atoms with Gasteiger partial charge in [-0.15, -0.1) is 0 Å². The molecule has 1 saturated heterocycles. The summed E-state index contributed by atoms with van der Waals surface area (Å²) in [4.78, 5) is 8.52. The first kappa shape index (κ1) is 11.6. The molecule has 1 aliphatic rings. The van der Waals surface area contributed by atoms with Crippen LogP contribution in [0.1, 0.15) is 12.3 Å². The van der Waals surface area contributed by atoms with Crippen molar-refractivity contribution in [1.82, 2.24) is 20.4 Å². The molecule has 0 saturated carbocycles. The summed E-state index contributed by atoms with van der Waals surface area (Å²) in [5.41, 5.74) is 0.568. The number of rotatable bonds is 3. The first-order valence-electron chi connectivity index (χ1n) is 5.97. The third kappa shape index (κ3) is 2.37. The number of aromatic nitrogens is 3. The zero-order valence-electron chi connectivity index (χ0n) is 9.77. The Hall–Kier alpha value is -1.46. The van der Waals surface area contributed by atoms with Gasteiger partial charge < -0.3 is 9.84 Å². The Morgan fingerprint density at radius 2 is 2.44 bits per heavy atom. The van der Waals surface area contributed by atoms with Crippen LogP contribution in [0.4, 0.5) is 0 Å². The minimum Gasteiger partial charge on any atom is -0.339 e. The van der Waals surface area contributed by atoms with Crippen molar-refractivity contribution in [3.8, 4) is 11.5 Å². The molecule has 0 aliphatic carbocycles. The second kappa shape index (κ2) is 5.04. The number of hydrogen-bond acceptors (Lipinski definition) is 5. The minimum absolute atomic E-state index is 0.460. The predicted octanol–water partition coefficient (Wildman–Crippen LogP) is 1.94. The van der Waals surface area contributed by atoms with Crippen LogP contribution in [0.15, 0.2) is 22.9 Å². The molecule has 0 amide bonds. The van der Waals surface area contributed by atoms with Gasteiger partial charge in [0.1, 0.15) is 5.69 Å². The quantitative estimate of drug-likeness (QED) is 0.918. The SMILES string of the molecule is Clc1cccnc1-c1noc(CC2CCNC2)n1. The summed E-state index contributed by atoms with van der Waals surface area (Å²) >= 11 is 6.04. The fraction of sp³-hybridized carbons (Fsp3) is 0.417. The largest absolute Gasteiger partial charge is 0.339 e. The van der Waals surface area contributed by atoms with E-state index in [9.17, 15) is 0 Å². The molecule has 5 nitrogen and oxygen atoms in total. The summed E-state index contributed by atoms with van der Waals surface area (Å²) in [6.07, 6.45) is 3.63. The van der Waals surface area contributed by atoms with Crippen molar-refractivity contribution in [3.05, 3.63) is 29.2 Å². The van der Waals surface area contributed by atoms with Gasteiger partial charge in [-0.25, -0.2) is 0 Å². The van der Waals surface area contributed by atoms with Gasteiger partial charge in [0.25, 0.3) is 0 Å². The molecule has 1 atom stereocenters. The van der Waals surface area contributed by atoms with Crippen molar-refractivity contribution < 1.29 is 4.52 Å². The topological polar surface area (TPSA) is 63.8 Å². The monoisotopic (exact) mass is 264 g/mol. The van der Waals surface area contributed by atoms with Crippen LogP contribution in [-0.4, -0.2) is 28.2 Å². The molecule has 6 heteroatoms. The average molecular weight is 265 g/mol. The summed E-state index contributed by atoms with van der Waals surface area (Å²) in [6.45, 7) is 2.08. The van der Waals surface area contributed by atoms with E-state index in [2.05, 4.69) is 20.4 Å². The van der Waals surface area contributed by atoms with Gasteiger partial charge in [0.2, 0.25) is 11.7 Å². The molecular weight excluding hydrogens is 252 g/mol. The Kier molecular flexibility index (Phi) is 3.25. The van der Waals surface area contributed by atoms with E-state index in [0.29, 0.717) is 28.3 Å². The van der Waals surface area contributed by atoms with Gasteiger partial charge in [0, 0.05) is 12.6 Å². The lowest BCUT2D eigenvalue weighted by Crippen LogP contribution is -2.10. The highest BCUT2D eigenvalue weighted by atomic mass is 35.5. The van der Waals surface area contributed by atoms with E-state index in [0.717, 1.165) is 25.9 Å². The molecule has 1 fully saturated rings. The molecule has 1 N–H and O–H groups in total. The van der Waals surface area contributed by atoms with Gasteiger partial charge in [-0.1, -0.05) is 16.8 Å². The highest BCUT2D eigenvalue weighted by Gasteiger charge is 2.19. The van der Waals surface area contributed by atoms with Crippen LogP contribution in [0, 0.1) is 5.92 Å². The molecule has 0 spiro atoms. The summed E-state index contributed by atoms with van der Waals surface area (Å²) in [5, 5.41) is 7.79. The lowest BCUT2D eigenvalue weighted by Gasteiger charge is -2.01. The zero-order chi connectivity index (χ0) is 12.4. The molecule has 2 aromatic rings. The minimum atomic E-state index is 0.460. The molecule has 3 heterocycles. The van der Waals surface area contributed by atoms with E-state index in [-0.39, 0.29) is 0 Å². The molecule has 1 aliphatic heterocycles. The Bertz CT molecular complexity index is 536. The van der Waals surface area contributed by atoms with E-state index < -0.39 is 0 Å². The van der Waals surface area contributed by atoms with Gasteiger partial charge in [-0.2, -0.15) is 4.98 Å². The maximum atomic E-state index is 6.04. The normalized spacial score (nSPS) is 19.3. The van der Waals surface area contributed by atoms with Crippen LogP contribution in [0.5, 0.6) is 0 Å². The molecule has 2 aromatic heterocycles. The van der Waals surface area contributed by atoms with E-state index in [4.69, 9.17) is 16.1 Å². The van der Waals surface area contributed by atoms with Gasteiger partial charge >= 0.3 is 0 Å². The maximum absolute atomic E-state index is 6.04. The number of nitrogens with zero attached hydrogens (tertiary/aromatic N) is 3. The summed E-state index contributed by atoms with van der Waals surface area (Å²) < 4.78 is 5.25. The van der Waals surface area contributed by atoms with Gasteiger partial charge in [-0.05, 0) is 37.6 Å². The van der Waals surface area contributed by atoms with Gasteiger partial charge in [-0.3, -0.25) is 4.98 Å². The molecule has 1 unspecified atom stereocenters. The predicted molar refractivity (Wildman–Crippen MR) is 67.2 cm³/mol. The fourth-order valence-electron chi connectivity index (χ4n) is 2.12. The summed E-state index contributed by atoms with van der Waals surface area (Å²) in [6, 6.07) is 3.54. The summed E-state index contributed by atoms with van der Waals surface area (Å²) in [7, 11) is 0. The Labute approximate surface area is 110 Å². The number of pyridine rings is 1. The Balaban J connectivity index is 1.79. The van der Waals surface area contributed by atoms with Gasteiger partial charge in [0.15, 0.2) is 0 Å². The van der Waals surface area contributed by atoms with E-state index in [1.54, 1.807) is 18.3 Å². The van der Waals surface area contributed by atoms with Crippen molar-refractivity contribution in [1.29, 1.82) is 0 Å². The van der Waals surface area contributed by atoms with Crippen LogP contribution in [0.3, 0.4) is 0 Å². The highest BCUT2D eigenvalue weighted by Crippen LogP contribution is 2.23. The van der Waals surface area contributed by atoms with E-state index in [1.165, 1.54) is 0 Å². The summed E-state index contributed by atoms with van der Waals surface area (Å²) in [5.74, 6) is 1.69. The number of halogens is 1. The maximum Gasteiger partial charge on any atom is 0.227 e. The molecule has 0 bridgehead atoms. The first-order chi connectivity index (χ1) is 8.83. The second-order valence-corrected chi connectivity index (χ2v) is 4.82. The zero-order valence-corrected chi connectivity index (χ0v) is 10.5. The van der Waals surface area contributed by atoms with Crippen LogP contribution >= 0.6 is 11.6 Å². The smallest absolute Gasteiger partial charge is 0.227 e. The fourth-order valence-corrected chi connectivity index (χ4v) is 2.33. The average Bonchev–Trinajstić information content (AvgIpc) is 3.02. The lowest BCUT2D eigenvalue weighted by atomic mass is 10.1. The van der Waals surface area contributed by atoms with Gasteiger partial charge in [0.05, 0.1) is 5.02 Å². The first-order valence-corrected chi connectivity index (χ1v) is 6.35. The number of hydrogen-bond donors (Lipinski definition) is 1. The molecule has 94 valence electrons. The van der Waals surface area contributed by atoms with Crippen molar-refractivity contribution in [3.63, 3.8) is 0 Å². The molecule has 0 radical (unpaired) electrons. The molecule has 0 aromatic carbocycles. The van der Waals surface area contributed by atoms with Crippen LogP contribution in [-0.2, 0) is 6.42 Å². The third-order valence-corrected chi connectivity index (χ3v) is 3.37. The van der Waals surface area contributed by atoms with Crippen LogP contribution < -0.4 is 5.32 Å².